The van der Waals surface area contributed by atoms with Gasteiger partial charge in [0.05, 0.1) is 0 Å². The highest BCUT2D eigenvalue weighted by Gasteiger charge is 2.07. The Kier molecular flexibility index (Phi) is 5.11. The van der Waals surface area contributed by atoms with Gasteiger partial charge in [-0.3, -0.25) is 9.78 Å². The van der Waals surface area contributed by atoms with E-state index in [1.165, 1.54) is 10.9 Å². The summed E-state index contributed by atoms with van der Waals surface area (Å²) < 4.78 is 0. The second kappa shape index (κ2) is 7.64. The number of H-pyrrole nitrogens is 1. The van der Waals surface area contributed by atoms with E-state index in [1.54, 1.807) is 12.3 Å². The molecule has 0 bridgehead atoms. The number of para-hydroxylation sites is 1. The average Bonchev–Trinajstić information content (AvgIpc) is 3.03. The zero-order valence-electron chi connectivity index (χ0n) is 13.8. The Morgan fingerprint density at radius 3 is 2.96 bits per heavy atom. The SMILES string of the molecule is CCCNC(=O)c1cc(NCCc2c[nH]c3ccccc23)ccn1. The lowest BCUT2D eigenvalue weighted by Gasteiger charge is -2.08. The van der Waals surface area contributed by atoms with Crippen molar-refractivity contribution in [2.75, 3.05) is 18.4 Å². The second-order valence-electron chi connectivity index (χ2n) is 5.72. The van der Waals surface area contributed by atoms with Crippen molar-refractivity contribution in [3.8, 4) is 0 Å². The first-order valence-corrected chi connectivity index (χ1v) is 8.31. The van der Waals surface area contributed by atoms with Gasteiger partial charge < -0.3 is 15.6 Å². The predicted molar refractivity (Wildman–Crippen MR) is 97.4 cm³/mol. The maximum Gasteiger partial charge on any atom is 0.269 e. The third kappa shape index (κ3) is 3.74. The minimum absolute atomic E-state index is 0.128. The summed E-state index contributed by atoms with van der Waals surface area (Å²) in [6.07, 6.45) is 5.54. The molecule has 0 aliphatic carbocycles. The molecular weight excluding hydrogens is 300 g/mol. The normalized spacial score (nSPS) is 10.7. The van der Waals surface area contributed by atoms with E-state index in [0.29, 0.717) is 12.2 Å². The number of aromatic amines is 1. The van der Waals surface area contributed by atoms with Gasteiger partial charge in [0.15, 0.2) is 0 Å². The number of rotatable bonds is 7. The van der Waals surface area contributed by atoms with Crippen molar-refractivity contribution in [1.82, 2.24) is 15.3 Å². The molecule has 0 unspecified atom stereocenters. The third-order valence-electron chi connectivity index (χ3n) is 3.93. The van der Waals surface area contributed by atoms with Crippen molar-refractivity contribution < 1.29 is 4.79 Å². The highest BCUT2D eigenvalue weighted by atomic mass is 16.1. The number of hydrogen-bond donors (Lipinski definition) is 3. The number of carbonyl (C=O) groups is 1. The monoisotopic (exact) mass is 322 g/mol. The number of nitrogens with one attached hydrogen (secondary N) is 3. The summed E-state index contributed by atoms with van der Waals surface area (Å²) >= 11 is 0. The number of anilines is 1. The fourth-order valence-electron chi connectivity index (χ4n) is 2.67. The van der Waals surface area contributed by atoms with Crippen LogP contribution in [0.3, 0.4) is 0 Å². The molecule has 2 heterocycles. The molecule has 0 atom stereocenters. The molecular formula is C19H22N4O. The summed E-state index contributed by atoms with van der Waals surface area (Å²) in [6.45, 7) is 3.48. The van der Waals surface area contributed by atoms with Crippen LogP contribution >= 0.6 is 0 Å². The Bertz CT molecular complexity index is 825. The molecule has 5 nitrogen and oxygen atoms in total. The van der Waals surface area contributed by atoms with Gasteiger partial charge in [-0.15, -0.1) is 0 Å². The molecule has 0 radical (unpaired) electrons. The Labute approximate surface area is 141 Å². The van der Waals surface area contributed by atoms with Crippen LogP contribution in [-0.2, 0) is 6.42 Å². The summed E-state index contributed by atoms with van der Waals surface area (Å²) in [5.74, 6) is -0.128. The second-order valence-corrected chi connectivity index (χ2v) is 5.72. The summed E-state index contributed by atoms with van der Waals surface area (Å²) in [4.78, 5) is 19.4. The molecule has 3 N–H and O–H groups in total. The first-order valence-electron chi connectivity index (χ1n) is 8.31. The number of amides is 1. The summed E-state index contributed by atoms with van der Waals surface area (Å²) in [5.41, 5.74) is 3.80. The van der Waals surface area contributed by atoms with Crippen LogP contribution in [0.25, 0.3) is 10.9 Å². The number of pyridine rings is 1. The molecule has 5 heteroatoms. The summed E-state index contributed by atoms with van der Waals surface area (Å²) in [6, 6.07) is 12.0. The van der Waals surface area contributed by atoms with Gasteiger partial charge in [-0.05, 0) is 36.6 Å². The Hall–Kier alpha value is -2.82. The van der Waals surface area contributed by atoms with Crippen LogP contribution < -0.4 is 10.6 Å². The van der Waals surface area contributed by atoms with E-state index in [2.05, 4.69) is 45.0 Å². The zero-order chi connectivity index (χ0) is 16.8. The van der Waals surface area contributed by atoms with Crippen molar-refractivity contribution in [1.29, 1.82) is 0 Å². The lowest BCUT2D eigenvalue weighted by atomic mass is 10.1. The van der Waals surface area contributed by atoms with Crippen LogP contribution in [0.5, 0.6) is 0 Å². The van der Waals surface area contributed by atoms with Crippen LogP contribution in [0.15, 0.2) is 48.8 Å². The topological polar surface area (TPSA) is 69.8 Å². The summed E-state index contributed by atoms with van der Waals surface area (Å²) in [5, 5.41) is 7.46. The van der Waals surface area contributed by atoms with Gasteiger partial charge in [-0.25, -0.2) is 0 Å². The van der Waals surface area contributed by atoms with Crippen molar-refractivity contribution in [3.05, 3.63) is 60.0 Å². The molecule has 0 fully saturated rings. The molecule has 0 saturated heterocycles. The molecule has 3 rings (SSSR count). The van der Waals surface area contributed by atoms with E-state index in [-0.39, 0.29) is 5.91 Å². The van der Waals surface area contributed by atoms with Gasteiger partial charge in [0.2, 0.25) is 0 Å². The van der Waals surface area contributed by atoms with Gasteiger partial charge in [0, 0.05) is 42.1 Å². The fraction of sp³-hybridized carbons (Fsp3) is 0.263. The molecule has 3 aromatic rings. The van der Waals surface area contributed by atoms with E-state index in [1.807, 2.05) is 19.1 Å². The molecule has 124 valence electrons. The number of aromatic nitrogens is 2. The highest BCUT2D eigenvalue weighted by Crippen LogP contribution is 2.18. The quantitative estimate of drug-likeness (QED) is 0.625. The van der Waals surface area contributed by atoms with Gasteiger partial charge in [0.1, 0.15) is 5.69 Å². The smallest absolute Gasteiger partial charge is 0.269 e. The maximum atomic E-state index is 12.0. The van der Waals surface area contributed by atoms with Crippen LogP contribution in [0.4, 0.5) is 5.69 Å². The number of nitrogens with zero attached hydrogens (tertiary/aromatic N) is 1. The first kappa shape index (κ1) is 16.1. The van der Waals surface area contributed by atoms with Crippen molar-refractivity contribution in [3.63, 3.8) is 0 Å². The standard InChI is InChI=1S/C19H22N4O/c1-2-9-22-19(24)18-12-15(8-11-21-18)20-10-7-14-13-23-17-6-4-3-5-16(14)17/h3-6,8,11-13,23H,2,7,9-10H2,1H3,(H,20,21)(H,22,24). The van der Waals surface area contributed by atoms with Crippen molar-refractivity contribution in [2.24, 2.45) is 0 Å². The Morgan fingerprint density at radius 2 is 2.08 bits per heavy atom. The zero-order valence-corrected chi connectivity index (χ0v) is 13.8. The predicted octanol–water partition coefficient (Wildman–Crippen LogP) is 3.36. The van der Waals surface area contributed by atoms with Crippen LogP contribution in [-0.4, -0.2) is 29.0 Å². The molecule has 1 amide bonds. The van der Waals surface area contributed by atoms with E-state index >= 15 is 0 Å². The molecule has 1 aromatic carbocycles. The van der Waals surface area contributed by atoms with Gasteiger partial charge in [-0.2, -0.15) is 0 Å². The number of benzene rings is 1. The van der Waals surface area contributed by atoms with Crippen molar-refractivity contribution in [2.45, 2.75) is 19.8 Å². The van der Waals surface area contributed by atoms with Gasteiger partial charge in [0.25, 0.3) is 5.91 Å². The molecule has 0 aliphatic rings. The maximum absolute atomic E-state index is 12.0. The first-order chi connectivity index (χ1) is 11.8. The highest BCUT2D eigenvalue weighted by molar-refractivity contribution is 5.93. The molecule has 2 aromatic heterocycles. The minimum atomic E-state index is -0.128. The fourth-order valence-corrected chi connectivity index (χ4v) is 2.67. The molecule has 0 aliphatic heterocycles. The number of carbonyl (C=O) groups excluding carboxylic acids is 1. The number of fused-ring (bicyclic) bond motifs is 1. The lowest BCUT2D eigenvalue weighted by Crippen LogP contribution is -2.25. The largest absolute Gasteiger partial charge is 0.385 e. The van der Waals surface area contributed by atoms with Gasteiger partial charge in [-0.1, -0.05) is 25.1 Å². The van der Waals surface area contributed by atoms with E-state index in [0.717, 1.165) is 30.6 Å². The Balaban J connectivity index is 1.59. The molecule has 0 saturated carbocycles. The lowest BCUT2D eigenvalue weighted by molar-refractivity contribution is 0.0948. The average molecular weight is 322 g/mol. The van der Waals surface area contributed by atoms with Crippen molar-refractivity contribution >= 4 is 22.5 Å². The summed E-state index contributed by atoms with van der Waals surface area (Å²) in [7, 11) is 0. The molecule has 24 heavy (non-hydrogen) atoms. The van der Waals surface area contributed by atoms with E-state index in [4.69, 9.17) is 0 Å². The third-order valence-corrected chi connectivity index (χ3v) is 3.93. The Morgan fingerprint density at radius 1 is 1.21 bits per heavy atom. The van der Waals surface area contributed by atoms with Crippen LogP contribution in [0, 0.1) is 0 Å². The molecule has 0 spiro atoms. The van der Waals surface area contributed by atoms with Crippen LogP contribution in [0.1, 0.15) is 29.4 Å². The van der Waals surface area contributed by atoms with E-state index in [9.17, 15) is 4.79 Å². The number of hydrogen-bond acceptors (Lipinski definition) is 3. The van der Waals surface area contributed by atoms with E-state index < -0.39 is 0 Å². The van der Waals surface area contributed by atoms with Gasteiger partial charge >= 0.3 is 0 Å². The minimum Gasteiger partial charge on any atom is -0.385 e. The van der Waals surface area contributed by atoms with Crippen LogP contribution in [0.2, 0.25) is 0 Å².